The summed E-state index contributed by atoms with van der Waals surface area (Å²) in [4.78, 5) is 1.94. The Morgan fingerprint density at radius 1 is 1.48 bits per heavy atom. The molecule has 1 aromatic carbocycles. The number of ether oxygens (including phenoxy) is 1. The van der Waals surface area contributed by atoms with Crippen LogP contribution in [0.4, 0.5) is 10.1 Å². The number of halogens is 1. The summed E-state index contributed by atoms with van der Waals surface area (Å²) in [7, 11) is 0. The van der Waals surface area contributed by atoms with Crippen molar-refractivity contribution in [2.45, 2.75) is 25.4 Å². The minimum absolute atomic E-state index is 0.164. The van der Waals surface area contributed by atoms with Crippen molar-refractivity contribution in [1.29, 1.82) is 5.26 Å². The summed E-state index contributed by atoms with van der Waals surface area (Å²) in [5.41, 5.74) is 0.732. The molecule has 0 radical (unpaired) electrons. The molecule has 1 aromatic rings. The lowest BCUT2D eigenvalue weighted by molar-refractivity contribution is 0.0922. The van der Waals surface area contributed by atoms with E-state index < -0.39 is 0 Å². The summed E-state index contributed by atoms with van der Waals surface area (Å²) in [6.45, 7) is 2.02. The van der Waals surface area contributed by atoms with Crippen molar-refractivity contribution in [2.75, 3.05) is 25.0 Å². The molecule has 1 saturated heterocycles. The molecule has 1 N–H and O–H groups in total. The van der Waals surface area contributed by atoms with Gasteiger partial charge >= 0.3 is 0 Å². The van der Waals surface area contributed by atoms with E-state index in [2.05, 4.69) is 11.4 Å². The number of hydrogen-bond acceptors (Lipinski definition) is 3. The third-order valence-electron chi connectivity index (χ3n) is 3.32. The average molecular weight is 307 g/mol. The first kappa shape index (κ1) is 15.7. The fourth-order valence-electron chi connectivity index (χ4n) is 2.23. The van der Waals surface area contributed by atoms with Crippen LogP contribution >= 0.6 is 12.2 Å². The Balaban J connectivity index is 1.95. The molecule has 0 aliphatic carbocycles. The van der Waals surface area contributed by atoms with Gasteiger partial charge in [-0.3, -0.25) is 0 Å². The molecule has 2 rings (SSSR count). The Labute approximate surface area is 129 Å². The van der Waals surface area contributed by atoms with Crippen LogP contribution in [0, 0.1) is 17.1 Å². The molecule has 0 aromatic heterocycles. The Morgan fingerprint density at radius 2 is 2.24 bits per heavy atom. The SMILES string of the molecule is N#CCCN(C[C@H]1CCCO1)C(=S)Nc1ccc(F)cc1. The van der Waals surface area contributed by atoms with Crippen molar-refractivity contribution in [3.63, 3.8) is 0 Å². The molecule has 0 unspecified atom stereocenters. The molecule has 0 saturated carbocycles. The lowest BCUT2D eigenvalue weighted by Gasteiger charge is -2.27. The van der Waals surface area contributed by atoms with Gasteiger partial charge in [-0.2, -0.15) is 5.26 Å². The van der Waals surface area contributed by atoms with Crippen LogP contribution in [0.25, 0.3) is 0 Å². The summed E-state index contributed by atoms with van der Waals surface area (Å²) in [5.74, 6) is -0.285. The zero-order valence-electron chi connectivity index (χ0n) is 11.7. The van der Waals surface area contributed by atoms with Gasteiger partial charge in [0, 0.05) is 25.4 Å². The average Bonchev–Trinajstić information content (AvgIpc) is 2.98. The standard InChI is InChI=1S/C15H18FN3OS/c16-12-4-6-13(7-5-12)18-15(21)19(9-2-8-17)11-14-3-1-10-20-14/h4-7,14H,1-3,9-11H2,(H,18,21)/t14-/m1/s1. The minimum Gasteiger partial charge on any atom is -0.376 e. The van der Waals surface area contributed by atoms with Crippen LogP contribution in [0.1, 0.15) is 19.3 Å². The lowest BCUT2D eigenvalue weighted by Crippen LogP contribution is -2.40. The number of nitrogens with zero attached hydrogens (tertiary/aromatic N) is 2. The number of anilines is 1. The van der Waals surface area contributed by atoms with Gasteiger partial charge in [0.2, 0.25) is 0 Å². The van der Waals surface area contributed by atoms with Crippen molar-refractivity contribution in [1.82, 2.24) is 4.90 Å². The smallest absolute Gasteiger partial charge is 0.173 e. The first-order chi connectivity index (χ1) is 10.2. The first-order valence-electron chi connectivity index (χ1n) is 6.99. The number of nitrogens with one attached hydrogen (secondary N) is 1. The molecule has 1 aliphatic rings. The van der Waals surface area contributed by atoms with Gasteiger partial charge in [0.05, 0.1) is 18.6 Å². The van der Waals surface area contributed by atoms with Crippen molar-refractivity contribution in [3.05, 3.63) is 30.1 Å². The Hall–Kier alpha value is -1.71. The highest BCUT2D eigenvalue weighted by atomic mass is 32.1. The van der Waals surface area contributed by atoms with Crippen LogP contribution in [-0.2, 0) is 4.74 Å². The highest BCUT2D eigenvalue weighted by molar-refractivity contribution is 7.80. The van der Waals surface area contributed by atoms with E-state index in [9.17, 15) is 4.39 Å². The van der Waals surface area contributed by atoms with Gasteiger partial charge < -0.3 is 15.0 Å². The summed E-state index contributed by atoms with van der Waals surface area (Å²) < 4.78 is 18.5. The molecule has 1 fully saturated rings. The molecule has 4 nitrogen and oxygen atoms in total. The summed E-state index contributed by atoms with van der Waals surface area (Å²) >= 11 is 5.39. The third kappa shape index (κ3) is 4.96. The summed E-state index contributed by atoms with van der Waals surface area (Å²) in [6, 6.07) is 8.16. The zero-order chi connectivity index (χ0) is 15.1. The number of nitriles is 1. The van der Waals surface area contributed by atoms with Gasteiger partial charge in [-0.25, -0.2) is 4.39 Å². The molecule has 0 amide bonds. The zero-order valence-corrected chi connectivity index (χ0v) is 12.5. The molecular formula is C15H18FN3OS. The van der Waals surface area contributed by atoms with Gasteiger partial charge in [-0.1, -0.05) is 0 Å². The van der Waals surface area contributed by atoms with E-state index in [1.165, 1.54) is 12.1 Å². The summed E-state index contributed by atoms with van der Waals surface area (Å²) in [5, 5.41) is 12.4. The maximum atomic E-state index is 12.9. The fraction of sp³-hybridized carbons (Fsp3) is 0.467. The Kier molecular flexibility index (Phi) is 5.90. The Morgan fingerprint density at radius 3 is 2.86 bits per heavy atom. The second-order valence-corrected chi connectivity index (χ2v) is 5.31. The van der Waals surface area contributed by atoms with E-state index in [0.717, 1.165) is 25.1 Å². The monoisotopic (exact) mass is 307 g/mol. The van der Waals surface area contributed by atoms with Gasteiger partial charge in [0.15, 0.2) is 5.11 Å². The van der Waals surface area contributed by atoms with E-state index in [1.807, 2.05) is 4.90 Å². The molecule has 6 heteroatoms. The van der Waals surface area contributed by atoms with E-state index >= 15 is 0 Å². The van der Waals surface area contributed by atoms with E-state index in [4.69, 9.17) is 22.2 Å². The molecule has 0 spiro atoms. The topological polar surface area (TPSA) is 48.3 Å². The molecule has 1 atom stereocenters. The van der Waals surface area contributed by atoms with Crippen LogP contribution in [0.2, 0.25) is 0 Å². The highest BCUT2D eigenvalue weighted by Gasteiger charge is 2.20. The Bertz CT molecular complexity index is 509. The maximum absolute atomic E-state index is 12.9. The van der Waals surface area contributed by atoms with Gasteiger partial charge in [-0.05, 0) is 49.3 Å². The normalized spacial score (nSPS) is 17.2. The van der Waals surface area contributed by atoms with Crippen LogP contribution < -0.4 is 5.32 Å². The van der Waals surface area contributed by atoms with Crippen molar-refractivity contribution in [3.8, 4) is 6.07 Å². The van der Waals surface area contributed by atoms with Gasteiger partial charge in [0.25, 0.3) is 0 Å². The predicted molar refractivity (Wildman–Crippen MR) is 83.4 cm³/mol. The molecule has 1 aliphatic heterocycles. The van der Waals surface area contributed by atoms with E-state index in [-0.39, 0.29) is 11.9 Å². The van der Waals surface area contributed by atoms with Gasteiger partial charge in [0.1, 0.15) is 5.82 Å². The second-order valence-electron chi connectivity index (χ2n) is 4.93. The predicted octanol–water partition coefficient (Wildman–Crippen LogP) is 2.92. The maximum Gasteiger partial charge on any atom is 0.173 e. The largest absolute Gasteiger partial charge is 0.376 e. The first-order valence-corrected chi connectivity index (χ1v) is 7.40. The van der Waals surface area contributed by atoms with Crippen LogP contribution in [0.15, 0.2) is 24.3 Å². The number of rotatable bonds is 5. The lowest BCUT2D eigenvalue weighted by atomic mass is 10.2. The summed E-state index contributed by atoms with van der Waals surface area (Å²) in [6.07, 6.45) is 2.64. The molecule has 1 heterocycles. The van der Waals surface area contributed by atoms with Crippen LogP contribution in [-0.4, -0.2) is 35.8 Å². The van der Waals surface area contributed by atoms with Gasteiger partial charge in [-0.15, -0.1) is 0 Å². The van der Waals surface area contributed by atoms with Crippen LogP contribution in [0.5, 0.6) is 0 Å². The van der Waals surface area contributed by atoms with Crippen molar-refractivity contribution >= 4 is 23.0 Å². The molecule has 0 bridgehead atoms. The third-order valence-corrected chi connectivity index (χ3v) is 3.68. The number of benzene rings is 1. The highest BCUT2D eigenvalue weighted by Crippen LogP contribution is 2.15. The minimum atomic E-state index is -0.285. The fourth-order valence-corrected chi connectivity index (χ4v) is 2.51. The molecule has 21 heavy (non-hydrogen) atoms. The van der Waals surface area contributed by atoms with Crippen molar-refractivity contribution in [2.24, 2.45) is 0 Å². The van der Waals surface area contributed by atoms with Crippen LogP contribution in [0.3, 0.4) is 0 Å². The molecular weight excluding hydrogens is 289 g/mol. The van der Waals surface area contributed by atoms with Crippen molar-refractivity contribution < 1.29 is 9.13 Å². The number of hydrogen-bond donors (Lipinski definition) is 1. The second kappa shape index (κ2) is 7.91. The molecule has 112 valence electrons. The van der Waals surface area contributed by atoms with E-state index in [1.54, 1.807) is 12.1 Å². The quantitative estimate of drug-likeness (QED) is 0.848. The number of thiocarbonyl (C=S) groups is 1. The van der Waals surface area contributed by atoms with E-state index in [0.29, 0.717) is 24.6 Å².